The number of carbonyl (C=O) groups is 1. The lowest BCUT2D eigenvalue weighted by molar-refractivity contribution is -0.111. The van der Waals surface area contributed by atoms with Gasteiger partial charge in [-0.2, -0.15) is 8.42 Å². The van der Waals surface area contributed by atoms with E-state index in [1.54, 1.807) is 19.2 Å². The number of rotatable bonds is 7. The second-order valence-corrected chi connectivity index (χ2v) is 9.69. The number of amides is 1. The van der Waals surface area contributed by atoms with Crippen molar-refractivity contribution in [1.82, 2.24) is 0 Å². The average Bonchev–Trinajstić information content (AvgIpc) is 2.76. The molecule has 0 saturated carbocycles. The predicted molar refractivity (Wildman–Crippen MR) is 127 cm³/mol. The zero-order valence-electron chi connectivity index (χ0n) is 16.6. The third-order valence-electron chi connectivity index (χ3n) is 4.35. The van der Waals surface area contributed by atoms with Crippen molar-refractivity contribution < 1.29 is 22.5 Å². The Kier molecular flexibility index (Phi) is 7.53. The van der Waals surface area contributed by atoms with Crippen LogP contribution in [0.4, 0.5) is 5.69 Å². The summed E-state index contributed by atoms with van der Waals surface area (Å²) in [6, 6.07) is 15.9. The van der Waals surface area contributed by atoms with Gasteiger partial charge in [-0.1, -0.05) is 59.7 Å². The van der Waals surface area contributed by atoms with Crippen molar-refractivity contribution >= 4 is 62.2 Å². The van der Waals surface area contributed by atoms with E-state index in [9.17, 15) is 13.2 Å². The standard InChI is InChI=1S/C22H17Cl2NO5S2/c1-13(22(26)25-14-7-9-15(10-8-14)32(27,28)29)16-11-12-19(21(24)20(16)23)31-18-6-4-3-5-17(18)30-2/h3-12H,1H2,2H3,(H,25,26)(H,27,28,29). The van der Waals surface area contributed by atoms with E-state index in [4.69, 9.17) is 32.5 Å². The molecule has 0 aliphatic heterocycles. The minimum absolute atomic E-state index is 0.0737. The van der Waals surface area contributed by atoms with Gasteiger partial charge in [0.15, 0.2) is 0 Å². The van der Waals surface area contributed by atoms with E-state index in [0.29, 0.717) is 21.9 Å². The zero-order chi connectivity index (χ0) is 23.5. The first kappa shape index (κ1) is 24.2. The van der Waals surface area contributed by atoms with Gasteiger partial charge in [0.25, 0.3) is 16.0 Å². The van der Waals surface area contributed by atoms with E-state index in [-0.39, 0.29) is 20.5 Å². The van der Waals surface area contributed by atoms with Gasteiger partial charge < -0.3 is 10.1 Å². The van der Waals surface area contributed by atoms with Crippen LogP contribution in [0, 0.1) is 0 Å². The summed E-state index contributed by atoms with van der Waals surface area (Å²) in [4.78, 5) is 13.9. The third-order valence-corrected chi connectivity index (χ3v) is 7.32. The predicted octanol–water partition coefficient (Wildman–Crippen LogP) is 6.05. The van der Waals surface area contributed by atoms with E-state index in [0.717, 1.165) is 4.90 Å². The summed E-state index contributed by atoms with van der Waals surface area (Å²) < 4.78 is 36.6. The Balaban J connectivity index is 1.79. The highest BCUT2D eigenvalue weighted by Crippen LogP contribution is 2.43. The molecule has 1 amide bonds. The molecule has 0 saturated heterocycles. The first-order valence-corrected chi connectivity index (χ1v) is 12.0. The lowest BCUT2D eigenvalue weighted by Crippen LogP contribution is -2.13. The van der Waals surface area contributed by atoms with E-state index in [2.05, 4.69) is 11.9 Å². The van der Waals surface area contributed by atoms with Crippen LogP contribution in [0.1, 0.15) is 5.56 Å². The van der Waals surface area contributed by atoms with Crippen LogP contribution >= 0.6 is 35.0 Å². The molecule has 0 fully saturated rings. The second kappa shape index (κ2) is 9.97. The molecule has 3 rings (SSSR count). The Morgan fingerprint density at radius 2 is 1.66 bits per heavy atom. The van der Waals surface area contributed by atoms with Crippen molar-refractivity contribution in [2.75, 3.05) is 12.4 Å². The van der Waals surface area contributed by atoms with Gasteiger partial charge in [0.1, 0.15) is 5.75 Å². The maximum absolute atomic E-state index is 12.6. The number of carbonyl (C=O) groups excluding carboxylic acids is 1. The minimum atomic E-state index is -4.32. The van der Waals surface area contributed by atoms with Crippen molar-refractivity contribution in [1.29, 1.82) is 0 Å². The second-order valence-electron chi connectivity index (χ2n) is 6.42. The largest absolute Gasteiger partial charge is 0.496 e. The summed E-state index contributed by atoms with van der Waals surface area (Å²) in [7, 11) is -2.74. The quantitative estimate of drug-likeness (QED) is 0.297. The first-order valence-electron chi connectivity index (χ1n) is 8.99. The van der Waals surface area contributed by atoms with E-state index in [1.807, 2.05) is 24.3 Å². The topological polar surface area (TPSA) is 92.7 Å². The molecule has 6 nitrogen and oxygen atoms in total. The fourth-order valence-electron chi connectivity index (χ4n) is 2.70. The molecule has 0 unspecified atom stereocenters. The number of hydrogen-bond acceptors (Lipinski definition) is 5. The van der Waals surface area contributed by atoms with Crippen LogP contribution in [-0.4, -0.2) is 26.0 Å². The van der Waals surface area contributed by atoms with Crippen molar-refractivity contribution in [3.8, 4) is 5.75 Å². The smallest absolute Gasteiger partial charge is 0.294 e. The van der Waals surface area contributed by atoms with E-state index in [1.165, 1.54) is 36.0 Å². The van der Waals surface area contributed by atoms with Crippen molar-refractivity contribution in [2.24, 2.45) is 0 Å². The Labute approximate surface area is 199 Å². The molecule has 10 heteroatoms. The molecule has 0 radical (unpaired) electrons. The van der Waals surface area contributed by atoms with Crippen molar-refractivity contribution in [3.63, 3.8) is 0 Å². The Bertz CT molecular complexity index is 1290. The molecule has 3 aromatic carbocycles. The van der Waals surface area contributed by atoms with Gasteiger partial charge in [0.2, 0.25) is 0 Å². The monoisotopic (exact) mass is 509 g/mol. The van der Waals surface area contributed by atoms with Gasteiger partial charge in [-0.25, -0.2) is 0 Å². The molecule has 0 heterocycles. The molecule has 0 spiro atoms. The van der Waals surface area contributed by atoms with Crippen LogP contribution in [0.15, 0.2) is 81.9 Å². The lowest BCUT2D eigenvalue weighted by Gasteiger charge is -2.14. The SMILES string of the molecule is C=C(C(=O)Nc1ccc(S(=O)(=O)O)cc1)c1ccc(Sc2ccccc2OC)c(Cl)c1Cl. The molecule has 0 aromatic heterocycles. The number of anilines is 1. The molecular weight excluding hydrogens is 493 g/mol. The number of hydrogen-bond donors (Lipinski definition) is 2. The molecular formula is C22H17Cl2NO5S2. The molecule has 166 valence electrons. The van der Waals surface area contributed by atoms with Crippen LogP contribution in [0.3, 0.4) is 0 Å². The highest BCUT2D eigenvalue weighted by molar-refractivity contribution is 7.99. The fourth-order valence-corrected chi connectivity index (χ4v) is 4.76. The van der Waals surface area contributed by atoms with Crippen molar-refractivity contribution in [2.45, 2.75) is 14.7 Å². The molecule has 0 aliphatic carbocycles. The van der Waals surface area contributed by atoms with Crippen LogP contribution in [-0.2, 0) is 14.9 Å². The first-order chi connectivity index (χ1) is 15.1. The van der Waals surface area contributed by atoms with Gasteiger partial charge in [0.05, 0.1) is 26.9 Å². The van der Waals surface area contributed by atoms with Gasteiger partial charge in [0, 0.05) is 21.7 Å². The lowest BCUT2D eigenvalue weighted by atomic mass is 10.1. The summed E-state index contributed by atoms with van der Waals surface area (Å²) >= 11 is 14.3. The molecule has 0 aliphatic rings. The maximum Gasteiger partial charge on any atom is 0.294 e. The van der Waals surface area contributed by atoms with Gasteiger partial charge in [-0.15, -0.1) is 0 Å². The van der Waals surface area contributed by atoms with E-state index >= 15 is 0 Å². The minimum Gasteiger partial charge on any atom is -0.496 e. The molecule has 0 bridgehead atoms. The van der Waals surface area contributed by atoms with Gasteiger partial charge >= 0.3 is 0 Å². The van der Waals surface area contributed by atoms with Crippen molar-refractivity contribution in [3.05, 3.63) is 82.9 Å². The summed E-state index contributed by atoms with van der Waals surface area (Å²) in [5.41, 5.74) is 0.742. The molecule has 32 heavy (non-hydrogen) atoms. The third kappa shape index (κ3) is 5.46. The Morgan fingerprint density at radius 3 is 2.28 bits per heavy atom. The van der Waals surface area contributed by atoms with Crippen LogP contribution in [0.5, 0.6) is 5.75 Å². The summed E-state index contributed by atoms with van der Waals surface area (Å²) in [5, 5.41) is 3.04. The number of nitrogens with one attached hydrogen (secondary N) is 1. The summed E-state index contributed by atoms with van der Waals surface area (Å²) in [6.07, 6.45) is 0. The number of benzene rings is 3. The normalized spacial score (nSPS) is 11.1. The molecule has 3 aromatic rings. The zero-order valence-corrected chi connectivity index (χ0v) is 19.8. The summed E-state index contributed by atoms with van der Waals surface area (Å²) in [6.45, 7) is 3.80. The highest BCUT2D eigenvalue weighted by atomic mass is 35.5. The molecule has 2 N–H and O–H groups in total. The Morgan fingerprint density at radius 1 is 1.00 bits per heavy atom. The van der Waals surface area contributed by atoms with Crippen LogP contribution < -0.4 is 10.1 Å². The van der Waals surface area contributed by atoms with Gasteiger partial charge in [-0.05, 0) is 42.5 Å². The highest BCUT2D eigenvalue weighted by Gasteiger charge is 2.19. The number of ether oxygens (including phenoxy) is 1. The number of para-hydroxylation sites is 1. The molecule has 0 atom stereocenters. The summed E-state index contributed by atoms with van der Waals surface area (Å²) in [5.74, 6) is 0.144. The Hall–Kier alpha value is -2.49. The van der Waals surface area contributed by atoms with Crippen LogP contribution in [0.2, 0.25) is 10.0 Å². The van der Waals surface area contributed by atoms with Crippen LogP contribution in [0.25, 0.3) is 5.57 Å². The van der Waals surface area contributed by atoms with Gasteiger partial charge in [-0.3, -0.25) is 9.35 Å². The fraction of sp³-hybridized carbons (Fsp3) is 0.0455. The number of methoxy groups -OCH3 is 1. The van der Waals surface area contributed by atoms with E-state index < -0.39 is 16.0 Å². The maximum atomic E-state index is 12.6. The number of halogens is 2. The average molecular weight is 510 g/mol.